The van der Waals surface area contributed by atoms with Gasteiger partial charge in [0.2, 0.25) is 5.91 Å². The zero-order valence-corrected chi connectivity index (χ0v) is 15.3. The van der Waals surface area contributed by atoms with Gasteiger partial charge in [-0.3, -0.25) is 4.79 Å². The minimum Gasteiger partial charge on any atom is -0.382 e. The summed E-state index contributed by atoms with van der Waals surface area (Å²) in [5, 5.41) is -0.987. The normalized spacial score (nSPS) is 21.1. The number of para-hydroxylation sites is 2. The van der Waals surface area contributed by atoms with Gasteiger partial charge in [-0.25, -0.2) is 0 Å². The fourth-order valence-corrected chi connectivity index (χ4v) is 5.37. The molecule has 132 valence electrons. The molecule has 2 aromatic carbocycles. The predicted octanol–water partition coefficient (Wildman–Crippen LogP) is 3.11. The van der Waals surface area contributed by atoms with Gasteiger partial charge < -0.3 is 9.08 Å². The zero-order chi connectivity index (χ0) is 18.2. The molecule has 2 aromatic rings. The van der Waals surface area contributed by atoms with Gasteiger partial charge in [-0.05, 0) is 37.1 Å². The molecule has 0 bridgehead atoms. The summed E-state index contributed by atoms with van der Waals surface area (Å²) in [6.07, 6.45) is 0.263. The Hall–Kier alpha value is -2.34. The Kier molecular flexibility index (Phi) is 4.33. The van der Waals surface area contributed by atoms with Crippen LogP contribution in [0, 0.1) is 0 Å². The third-order valence-electron chi connectivity index (χ3n) is 4.89. The van der Waals surface area contributed by atoms with Crippen LogP contribution in [-0.4, -0.2) is 26.6 Å². The van der Waals surface area contributed by atoms with Crippen molar-refractivity contribution in [3.05, 3.63) is 60.2 Å². The van der Waals surface area contributed by atoms with E-state index >= 15 is 0 Å². The maximum Gasteiger partial charge on any atom is 0.313 e. The second kappa shape index (κ2) is 6.19. The summed E-state index contributed by atoms with van der Waals surface area (Å²) in [5.74, 6) is 0.0115. The predicted molar refractivity (Wildman–Crippen MR) is 97.3 cm³/mol. The van der Waals surface area contributed by atoms with Gasteiger partial charge in [0.05, 0.1) is 5.41 Å². The summed E-state index contributed by atoms with van der Waals surface area (Å²) in [5.41, 5.74) is 0.270. The maximum absolute atomic E-state index is 13.0. The molecule has 0 radical (unpaired) electrons. The van der Waals surface area contributed by atoms with Crippen LogP contribution in [0.5, 0.6) is 5.75 Å². The van der Waals surface area contributed by atoms with Gasteiger partial charge in [0.25, 0.3) is 0 Å². The number of hydrogen-bond donors (Lipinski definition) is 0. The van der Waals surface area contributed by atoms with Crippen molar-refractivity contribution in [1.29, 1.82) is 0 Å². The van der Waals surface area contributed by atoms with E-state index in [1.165, 1.54) is 4.90 Å². The van der Waals surface area contributed by atoms with Crippen molar-refractivity contribution in [2.45, 2.75) is 30.9 Å². The highest BCUT2D eigenvalue weighted by Gasteiger charge is 2.55. The van der Waals surface area contributed by atoms with Crippen molar-refractivity contribution < 1.29 is 17.4 Å². The van der Waals surface area contributed by atoms with Crippen LogP contribution in [0.15, 0.2) is 54.6 Å². The Bertz CT molecular complexity index is 895. The molecule has 0 spiro atoms. The molecule has 0 saturated carbocycles. The van der Waals surface area contributed by atoms with Gasteiger partial charge in [0.15, 0.2) is 0 Å². The van der Waals surface area contributed by atoms with E-state index in [4.69, 9.17) is 4.18 Å². The molecule has 0 fully saturated rings. The van der Waals surface area contributed by atoms with E-state index in [0.29, 0.717) is 0 Å². The highest BCUT2D eigenvalue weighted by molar-refractivity contribution is 7.87. The lowest BCUT2D eigenvalue weighted by molar-refractivity contribution is -0.122. The Morgan fingerprint density at radius 1 is 1.08 bits per heavy atom. The van der Waals surface area contributed by atoms with Crippen LogP contribution in [0.25, 0.3) is 0 Å². The van der Waals surface area contributed by atoms with Crippen LogP contribution >= 0.6 is 0 Å². The summed E-state index contributed by atoms with van der Waals surface area (Å²) in [7, 11) is -2.34. The van der Waals surface area contributed by atoms with Crippen molar-refractivity contribution in [3.8, 4) is 5.75 Å². The van der Waals surface area contributed by atoms with E-state index < -0.39 is 20.8 Å². The van der Waals surface area contributed by atoms with Gasteiger partial charge in [-0.2, -0.15) is 8.42 Å². The smallest absolute Gasteiger partial charge is 0.313 e. The molecular formula is C19H21NO4S. The number of carbonyl (C=O) groups excluding carboxylic acids is 1. The summed E-state index contributed by atoms with van der Waals surface area (Å²) >= 11 is 0. The molecule has 1 amide bonds. The molecular weight excluding hydrogens is 338 g/mol. The number of nitrogens with zero attached hydrogens (tertiary/aromatic N) is 1. The molecule has 1 aliphatic rings. The number of rotatable bonds is 5. The Labute approximate surface area is 148 Å². The number of anilines is 1. The van der Waals surface area contributed by atoms with Crippen LogP contribution in [0.2, 0.25) is 0 Å². The van der Waals surface area contributed by atoms with E-state index in [9.17, 15) is 13.2 Å². The second-order valence-corrected chi connectivity index (χ2v) is 8.09. The molecule has 2 atom stereocenters. The lowest BCUT2D eigenvalue weighted by Crippen LogP contribution is -2.50. The van der Waals surface area contributed by atoms with Crippen LogP contribution in [0.3, 0.4) is 0 Å². The number of benzene rings is 2. The van der Waals surface area contributed by atoms with Gasteiger partial charge >= 0.3 is 10.1 Å². The highest BCUT2D eigenvalue weighted by atomic mass is 32.2. The number of carbonyl (C=O) groups is 1. The zero-order valence-electron chi connectivity index (χ0n) is 14.5. The number of amides is 1. The van der Waals surface area contributed by atoms with E-state index in [0.717, 1.165) is 11.3 Å². The van der Waals surface area contributed by atoms with Crippen molar-refractivity contribution in [1.82, 2.24) is 0 Å². The van der Waals surface area contributed by atoms with Crippen LogP contribution in [0.4, 0.5) is 5.69 Å². The molecule has 3 rings (SSSR count). The summed E-state index contributed by atoms with van der Waals surface area (Å²) in [6, 6.07) is 15.7. The van der Waals surface area contributed by atoms with Crippen LogP contribution in [0.1, 0.15) is 25.8 Å². The molecule has 0 N–H and O–H groups in total. The quantitative estimate of drug-likeness (QED) is 0.770. The lowest BCUT2D eigenvalue weighted by Gasteiger charge is -2.31. The molecule has 0 aliphatic carbocycles. The van der Waals surface area contributed by atoms with E-state index in [1.54, 1.807) is 51.2 Å². The monoisotopic (exact) mass is 359 g/mol. The van der Waals surface area contributed by atoms with Crippen LogP contribution in [-0.2, 0) is 20.3 Å². The molecule has 0 aromatic heterocycles. The first kappa shape index (κ1) is 17.5. The summed E-state index contributed by atoms with van der Waals surface area (Å²) in [4.78, 5) is 14.5. The van der Waals surface area contributed by atoms with Crippen molar-refractivity contribution >= 4 is 21.7 Å². The van der Waals surface area contributed by atoms with E-state index in [2.05, 4.69) is 0 Å². The molecule has 1 aliphatic heterocycles. The SMILES string of the molecule is CCC(C1(C)C(=O)N(C)c2ccccc21)S(=O)(=O)Oc1ccccc1. The first-order valence-electron chi connectivity index (χ1n) is 8.18. The van der Waals surface area contributed by atoms with Crippen molar-refractivity contribution in [2.75, 3.05) is 11.9 Å². The first-order chi connectivity index (χ1) is 11.8. The Morgan fingerprint density at radius 2 is 1.68 bits per heavy atom. The maximum atomic E-state index is 13.0. The van der Waals surface area contributed by atoms with Gasteiger partial charge in [0.1, 0.15) is 11.0 Å². The van der Waals surface area contributed by atoms with Gasteiger partial charge in [-0.15, -0.1) is 0 Å². The Morgan fingerprint density at radius 3 is 2.32 bits per heavy atom. The average Bonchev–Trinajstić information content (AvgIpc) is 2.78. The van der Waals surface area contributed by atoms with E-state index in [-0.39, 0.29) is 18.1 Å². The van der Waals surface area contributed by atoms with Crippen LogP contribution < -0.4 is 9.08 Å². The number of fused-ring (bicyclic) bond motifs is 1. The minimum absolute atomic E-state index is 0.235. The molecule has 0 saturated heterocycles. The molecule has 2 unspecified atom stereocenters. The third kappa shape index (κ3) is 2.70. The van der Waals surface area contributed by atoms with Crippen molar-refractivity contribution in [2.24, 2.45) is 0 Å². The number of likely N-dealkylation sites (N-methyl/N-ethyl adjacent to an activating group) is 1. The average molecular weight is 359 g/mol. The fourth-order valence-electron chi connectivity index (χ4n) is 3.66. The minimum atomic E-state index is -4.01. The molecule has 25 heavy (non-hydrogen) atoms. The topological polar surface area (TPSA) is 63.7 Å². The molecule has 5 nitrogen and oxygen atoms in total. The third-order valence-corrected chi connectivity index (χ3v) is 6.82. The highest BCUT2D eigenvalue weighted by Crippen LogP contribution is 2.46. The summed E-state index contributed by atoms with van der Waals surface area (Å²) in [6.45, 7) is 3.45. The summed E-state index contributed by atoms with van der Waals surface area (Å²) < 4.78 is 31.3. The lowest BCUT2D eigenvalue weighted by atomic mass is 9.79. The fraction of sp³-hybridized carbons (Fsp3) is 0.316. The second-order valence-electron chi connectivity index (χ2n) is 6.37. The molecule has 6 heteroatoms. The standard InChI is InChI=1S/C19H21NO4S/c1-4-17(25(22,23)24-14-10-6-5-7-11-14)19(2)15-12-8-9-13-16(15)20(3)18(19)21/h5-13,17H,4H2,1-3H3. The van der Waals surface area contributed by atoms with Gasteiger partial charge in [-0.1, -0.05) is 43.3 Å². The number of hydrogen-bond acceptors (Lipinski definition) is 4. The van der Waals surface area contributed by atoms with Gasteiger partial charge in [0, 0.05) is 12.7 Å². The van der Waals surface area contributed by atoms with E-state index in [1.807, 2.05) is 24.3 Å². The van der Waals surface area contributed by atoms with Crippen molar-refractivity contribution in [3.63, 3.8) is 0 Å². The molecule has 1 heterocycles. The Balaban J connectivity index is 2.07. The first-order valence-corrected chi connectivity index (χ1v) is 9.65. The largest absolute Gasteiger partial charge is 0.382 e.